The second-order valence-corrected chi connectivity index (χ2v) is 5.19. The predicted molar refractivity (Wildman–Crippen MR) is 87.6 cm³/mol. The second kappa shape index (κ2) is 5.20. The molecule has 1 N–H and O–H groups in total. The summed E-state index contributed by atoms with van der Waals surface area (Å²) in [5.74, 6) is 1.56. The smallest absolute Gasteiger partial charge is 0.155 e. The van der Waals surface area contributed by atoms with Crippen LogP contribution in [0.5, 0.6) is 0 Å². The third kappa shape index (κ3) is 2.32. The summed E-state index contributed by atoms with van der Waals surface area (Å²) >= 11 is 0. The van der Waals surface area contributed by atoms with Crippen molar-refractivity contribution in [2.24, 2.45) is 0 Å². The number of hydrogen-bond acceptors (Lipinski definition) is 5. The fourth-order valence-electron chi connectivity index (χ4n) is 2.50. The zero-order chi connectivity index (χ0) is 15.8. The molecule has 0 aliphatic carbocycles. The Kier molecular flexibility index (Phi) is 3.04. The average molecular weight is 305 g/mol. The van der Waals surface area contributed by atoms with Gasteiger partial charge in [0.15, 0.2) is 11.5 Å². The molecule has 114 valence electrons. The van der Waals surface area contributed by atoms with E-state index in [4.69, 9.17) is 0 Å². The van der Waals surface area contributed by atoms with Crippen molar-refractivity contribution in [1.29, 1.82) is 0 Å². The molecule has 23 heavy (non-hydrogen) atoms. The van der Waals surface area contributed by atoms with E-state index in [1.165, 1.54) is 6.33 Å². The molecule has 4 aromatic rings. The van der Waals surface area contributed by atoms with Crippen molar-refractivity contribution < 1.29 is 0 Å². The first-order valence-electron chi connectivity index (χ1n) is 7.26. The van der Waals surface area contributed by atoms with Crippen molar-refractivity contribution in [3.63, 3.8) is 0 Å². The van der Waals surface area contributed by atoms with E-state index in [0.717, 1.165) is 34.2 Å². The van der Waals surface area contributed by atoms with Gasteiger partial charge in [-0.05, 0) is 31.2 Å². The van der Waals surface area contributed by atoms with Gasteiger partial charge >= 0.3 is 0 Å². The molecular weight excluding hydrogens is 290 g/mol. The first-order chi connectivity index (χ1) is 11.2. The number of pyridine rings is 2. The topological polar surface area (TPSA) is 72.9 Å². The number of aryl methyl sites for hydroxylation is 1. The molecule has 4 rings (SSSR count). The number of hydrogen-bond donors (Lipinski definition) is 1. The van der Waals surface area contributed by atoms with Gasteiger partial charge in [0.1, 0.15) is 12.1 Å². The highest BCUT2D eigenvalue weighted by atomic mass is 15.3. The Hall–Kier alpha value is -3.22. The maximum Gasteiger partial charge on any atom is 0.155 e. The van der Waals surface area contributed by atoms with Gasteiger partial charge in [-0.1, -0.05) is 6.07 Å². The fourth-order valence-corrected chi connectivity index (χ4v) is 2.50. The summed E-state index contributed by atoms with van der Waals surface area (Å²) in [6.07, 6.45) is 3.43. The van der Waals surface area contributed by atoms with Gasteiger partial charge in [0.25, 0.3) is 0 Å². The van der Waals surface area contributed by atoms with Gasteiger partial charge in [-0.25, -0.2) is 19.2 Å². The van der Waals surface area contributed by atoms with E-state index in [1.807, 2.05) is 61.2 Å². The Labute approximate surface area is 132 Å². The fraction of sp³-hybridized carbons (Fsp3) is 0.125. The Balaban J connectivity index is 1.91. The lowest BCUT2D eigenvalue weighted by atomic mass is 10.2. The molecule has 0 aromatic carbocycles. The van der Waals surface area contributed by atoms with Crippen molar-refractivity contribution in [3.05, 3.63) is 54.6 Å². The van der Waals surface area contributed by atoms with Crippen LogP contribution in [-0.2, 0) is 0 Å². The van der Waals surface area contributed by atoms with Crippen LogP contribution in [0.4, 0.5) is 5.82 Å². The molecule has 4 aromatic heterocycles. The Morgan fingerprint density at radius 1 is 1.13 bits per heavy atom. The number of nitrogens with zero attached hydrogens (tertiary/aromatic N) is 6. The molecule has 0 atom stereocenters. The number of anilines is 1. The highest BCUT2D eigenvalue weighted by Gasteiger charge is 2.13. The van der Waals surface area contributed by atoms with Crippen molar-refractivity contribution in [2.45, 2.75) is 6.92 Å². The quantitative estimate of drug-likeness (QED) is 0.629. The highest BCUT2D eigenvalue weighted by Crippen LogP contribution is 2.25. The van der Waals surface area contributed by atoms with E-state index in [2.05, 4.69) is 25.5 Å². The van der Waals surface area contributed by atoms with Gasteiger partial charge in [-0.15, -0.1) is 5.10 Å². The molecular formula is C16H15N7. The Bertz CT molecular complexity index is 983. The first kappa shape index (κ1) is 13.4. The normalized spacial score (nSPS) is 11.0. The van der Waals surface area contributed by atoms with Crippen LogP contribution in [0.1, 0.15) is 5.69 Å². The molecule has 7 nitrogen and oxygen atoms in total. The Morgan fingerprint density at radius 2 is 2.04 bits per heavy atom. The van der Waals surface area contributed by atoms with Crippen LogP contribution in [0.2, 0.25) is 0 Å². The molecule has 0 spiro atoms. The highest BCUT2D eigenvalue weighted by molar-refractivity contribution is 5.68. The Morgan fingerprint density at radius 3 is 2.87 bits per heavy atom. The molecule has 4 heterocycles. The molecule has 0 amide bonds. The lowest BCUT2D eigenvalue weighted by Gasteiger charge is -2.07. The number of nitrogens with one attached hydrogen (secondary N) is 1. The van der Waals surface area contributed by atoms with Crippen LogP contribution in [-0.4, -0.2) is 36.4 Å². The number of fused-ring (bicyclic) bond motifs is 1. The van der Waals surface area contributed by atoms with Crippen LogP contribution in [0.3, 0.4) is 0 Å². The van der Waals surface area contributed by atoms with Gasteiger partial charge in [0.2, 0.25) is 0 Å². The predicted octanol–water partition coefficient (Wildman–Crippen LogP) is 2.33. The summed E-state index contributed by atoms with van der Waals surface area (Å²) in [4.78, 5) is 8.81. The van der Waals surface area contributed by atoms with Gasteiger partial charge in [0.05, 0.1) is 5.69 Å². The third-order valence-electron chi connectivity index (χ3n) is 3.63. The standard InChI is InChI=1S/C16H15N7/c1-11-4-3-5-15(20-11)23-13(9-14(17-2)21-23)12-6-7-22-16(8-12)18-10-19-22/h3-10H,1-2H3,(H,17,21). The van der Waals surface area contributed by atoms with E-state index >= 15 is 0 Å². The average Bonchev–Trinajstić information content (AvgIpc) is 3.20. The maximum atomic E-state index is 4.58. The molecule has 0 aliphatic rings. The molecule has 0 aliphatic heterocycles. The van der Waals surface area contributed by atoms with Crippen LogP contribution in [0.15, 0.2) is 48.9 Å². The summed E-state index contributed by atoms with van der Waals surface area (Å²) in [6.45, 7) is 1.97. The van der Waals surface area contributed by atoms with E-state index in [1.54, 1.807) is 4.52 Å². The molecule has 0 radical (unpaired) electrons. The minimum atomic E-state index is 0.780. The van der Waals surface area contributed by atoms with Crippen LogP contribution >= 0.6 is 0 Å². The van der Waals surface area contributed by atoms with Gasteiger partial charge < -0.3 is 5.32 Å². The lowest BCUT2D eigenvalue weighted by Crippen LogP contribution is -2.03. The minimum absolute atomic E-state index is 0.780. The van der Waals surface area contributed by atoms with Crippen LogP contribution in [0, 0.1) is 6.92 Å². The monoisotopic (exact) mass is 305 g/mol. The molecule has 0 saturated carbocycles. The minimum Gasteiger partial charge on any atom is -0.372 e. The number of aromatic nitrogens is 6. The summed E-state index contributed by atoms with van der Waals surface area (Å²) in [5, 5.41) is 11.8. The van der Waals surface area contributed by atoms with E-state index in [-0.39, 0.29) is 0 Å². The summed E-state index contributed by atoms with van der Waals surface area (Å²) in [6, 6.07) is 11.8. The molecule has 7 heteroatoms. The van der Waals surface area contributed by atoms with Crippen LogP contribution < -0.4 is 5.32 Å². The van der Waals surface area contributed by atoms with E-state index in [9.17, 15) is 0 Å². The van der Waals surface area contributed by atoms with E-state index < -0.39 is 0 Å². The van der Waals surface area contributed by atoms with Gasteiger partial charge in [0, 0.05) is 30.6 Å². The molecule has 0 unspecified atom stereocenters. The largest absolute Gasteiger partial charge is 0.372 e. The maximum absolute atomic E-state index is 4.58. The van der Waals surface area contributed by atoms with Crippen molar-refractivity contribution in [3.8, 4) is 17.1 Å². The molecule has 0 bridgehead atoms. The summed E-state index contributed by atoms with van der Waals surface area (Å²) < 4.78 is 3.56. The summed E-state index contributed by atoms with van der Waals surface area (Å²) in [7, 11) is 1.85. The van der Waals surface area contributed by atoms with Gasteiger partial charge in [-0.3, -0.25) is 0 Å². The number of rotatable bonds is 3. The van der Waals surface area contributed by atoms with Crippen molar-refractivity contribution in [2.75, 3.05) is 12.4 Å². The summed E-state index contributed by atoms with van der Waals surface area (Å²) in [5.41, 5.74) is 3.68. The molecule has 0 saturated heterocycles. The SMILES string of the molecule is CNc1cc(-c2ccn3ncnc3c2)n(-c2cccc(C)n2)n1. The van der Waals surface area contributed by atoms with Crippen molar-refractivity contribution in [1.82, 2.24) is 29.4 Å². The van der Waals surface area contributed by atoms with Crippen LogP contribution in [0.25, 0.3) is 22.7 Å². The lowest BCUT2D eigenvalue weighted by molar-refractivity contribution is 0.849. The third-order valence-corrected chi connectivity index (χ3v) is 3.63. The molecule has 0 fully saturated rings. The van der Waals surface area contributed by atoms with Gasteiger partial charge in [-0.2, -0.15) is 5.10 Å². The van der Waals surface area contributed by atoms with E-state index in [0.29, 0.717) is 0 Å². The second-order valence-electron chi connectivity index (χ2n) is 5.19. The van der Waals surface area contributed by atoms with Crippen molar-refractivity contribution >= 4 is 11.5 Å². The zero-order valence-electron chi connectivity index (χ0n) is 12.8. The zero-order valence-corrected chi connectivity index (χ0v) is 12.8. The first-order valence-corrected chi connectivity index (χ1v) is 7.26.